The van der Waals surface area contributed by atoms with E-state index in [0.717, 1.165) is 0 Å². The molecule has 0 atom stereocenters. The van der Waals surface area contributed by atoms with Crippen LogP contribution in [0.2, 0.25) is 0 Å². The number of hydrogen-bond acceptors (Lipinski definition) is 3. The van der Waals surface area contributed by atoms with Gasteiger partial charge in [-0.2, -0.15) is 0 Å². The minimum atomic E-state index is -1.06. The summed E-state index contributed by atoms with van der Waals surface area (Å²) in [5, 5.41) is 14.9. The Morgan fingerprint density at radius 3 is 1.68 bits per heavy atom. The molecule has 0 aliphatic heterocycles. The second kappa shape index (κ2) is 8.18. The molecular weight excluding hydrogens is 356 g/mol. The number of carbonyl (C=O) groups is 3. The van der Waals surface area contributed by atoms with Gasteiger partial charge in [0.1, 0.15) is 0 Å². The molecule has 0 fully saturated rings. The van der Waals surface area contributed by atoms with Crippen LogP contribution in [-0.4, -0.2) is 22.9 Å². The average Bonchev–Trinajstić information content (AvgIpc) is 2.69. The molecule has 0 heterocycles. The summed E-state index contributed by atoms with van der Waals surface area (Å²) in [6.45, 7) is 1.42. The molecule has 0 saturated carbocycles. The van der Waals surface area contributed by atoms with Crippen molar-refractivity contribution < 1.29 is 19.5 Å². The highest BCUT2D eigenvalue weighted by Crippen LogP contribution is 2.28. The van der Waals surface area contributed by atoms with Gasteiger partial charge in [-0.05, 0) is 47.5 Å². The first kappa shape index (κ1) is 18.8. The monoisotopic (exact) mass is 374 g/mol. The number of carboxylic acid groups (broad SMARTS) is 1. The van der Waals surface area contributed by atoms with Crippen molar-refractivity contribution in [1.29, 1.82) is 0 Å². The number of hydrogen-bond donors (Lipinski definition) is 3. The number of rotatable bonds is 5. The van der Waals surface area contributed by atoms with Crippen molar-refractivity contribution in [1.82, 2.24) is 0 Å². The summed E-state index contributed by atoms with van der Waals surface area (Å²) in [6, 6.07) is 20.1. The van der Waals surface area contributed by atoms with Crippen molar-refractivity contribution in [2.45, 2.75) is 6.92 Å². The molecule has 3 aromatic rings. The van der Waals surface area contributed by atoms with Crippen LogP contribution < -0.4 is 10.6 Å². The Hall–Kier alpha value is -3.93. The lowest BCUT2D eigenvalue weighted by molar-refractivity contribution is -0.114. The van der Waals surface area contributed by atoms with E-state index >= 15 is 0 Å². The van der Waals surface area contributed by atoms with Crippen LogP contribution in [0.4, 0.5) is 11.4 Å². The van der Waals surface area contributed by atoms with E-state index in [4.69, 9.17) is 0 Å². The van der Waals surface area contributed by atoms with Crippen LogP contribution in [0.15, 0.2) is 72.8 Å². The zero-order valence-electron chi connectivity index (χ0n) is 15.1. The molecule has 0 saturated heterocycles. The molecule has 0 bridgehead atoms. The standard InChI is InChI=1S/C22H18N2O4/c1-14(25)23-15-10-12-16(13-11-15)24-21(26)19-8-4-2-6-17(19)18-7-3-5-9-20(18)22(27)28/h2-13H,1H3,(H,23,25)(H,24,26)(H,27,28). The third-order valence-corrected chi connectivity index (χ3v) is 4.08. The molecule has 28 heavy (non-hydrogen) atoms. The maximum atomic E-state index is 12.8. The summed E-state index contributed by atoms with van der Waals surface area (Å²) in [7, 11) is 0. The van der Waals surface area contributed by atoms with Crippen LogP contribution in [0.25, 0.3) is 11.1 Å². The SMILES string of the molecule is CC(=O)Nc1ccc(NC(=O)c2ccccc2-c2ccccc2C(=O)O)cc1. The molecule has 6 heteroatoms. The lowest BCUT2D eigenvalue weighted by Crippen LogP contribution is -2.14. The van der Waals surface area contributed by atoms with Gasteiger partial charge in [-0.3, -0.25) is 9.59 Å². The lowest BCUT2D eigenvalue weighted by Gasteiger charge is -2.12. The fourth-order valence-corrected chi connectivity index (χ4v) is 2.86. The minimum absolute atomic E-state index is 0.127. The number of benzene rings is 3. The molecule has 0 radical (unpaired) electrons. The van der Waals surface area contributed by atoms with Gasteiger partial charge in [0.25, 0.3) is 5.91 Å². The molecule has 3 N–H and O–H groups in total. The highest BCUT2D eigenvalue weighted by molar-refractivity contribution is 6.10. The van der Waals surface area contributed by atoms with Crippen LogP contribution in [0.1, 0.15) is 27.6 Å². The molecule has 0 aliphatic rings. The number of amides is 2. The van der Waals surface area contributed by atoms with Gasteiger partial charge >= 0.3 is 5.97 Å². The Balaban J connectivity index is 1.90. The quantitative estimate of drug-likeness (QED) is 0.622. The van der Waals surface area contributed by atoms with Gasteiger partial charge in [0.2, 0.25) is 5.91 Å². The largest absolute Gasteiger partial charge is 0.478 e. The van der Waals surface area contributed by atoms with Crippen molar-refractivity contribution in [2.75, 3.05) is 10.6 Å². The first-order chi connectivity index (χ1) is 13.5. The zero-order chi connectivity index (χ0) is 20.1. The number of carbonyl (C=O) groups excluding carboxylic acids is 2. The van der Waals surface area contributed by atoms with Gasteiger partial charge in [-0.1, -0.05) is 36.4 Å². The van der Waals surface area contributed by atoms with Crippen LogP contribution in [0.5, 0.6) is 0 Å². The Bertz CT molecular complexity index is 1040. The fraction of sp³-hybridized carbons (Fsp3) is 0.0455. The highest BCUT2D eigenvalue weighted by atomic mass is 16.4. The van der Waals surface area contributed by atoms with Crippen LogP contribution >= 0.6 is 0 Å². The van der Waals surface area contributed by atoms with E-state index in [2.05, 4.69) is 10.6 Å². The summed E-state index contributed by atoms with van der Waals surface area (Å²) >= 11 is 0. The second-order valence-electron chi connectivity index (χ2n) is 6.11. The first-order valence-electron chi connectivity index (χ1n) is 8.56. The van der Waals surface area contributed by atoms with E-state index in [0.29, 0.717) is 28.1 Å². The van der Waals surface area contributed by atoms with E-state index < -0.39 is 5.97 Å². The van der Waals surface area contributed by atoms with Crippen LogP contribution in [0, 0.1) is 0 Å². The lowest BCUT2D eigenvalue weighted by atomic mass is 9.95. The third kappa shape index (κ3) is 4.24. The van der Waals surface area contributed by atoms with E-state index in [1.165, 1.54) is 13.0 Å². The van der Waals surface area contributed by atoms with Crippen molar-refractivity contribution in [3.05, 3.63) is 83.9 Å². The molecule has 140 valence electrons. The Morgan fingerprint density at radius 1 is 0.679 bits per heavy atom. The number of aromatic carboxylic acids is 1. The Kier molecular flexibility index (Phi) is 5.50. The average molecular weight is 374 g/mol. The predicted molar refractivity (Wildman–Crippen MR) is 108 cm³/mol. The molecule has 0 spiro atoms. The van der Waals surface area contributed by atoms with Crippen molar-refractivity contribution in [3.8, 4) is 11.1 Å². The van der Waals surface area contributed by atoms with Gasteiger partial charge in [-0.25, -0.2) is 4.79 Å². The number of anilines is 2. The summed E-state index contributed by atoms with van der Waals surface area (Å²) < 4.78 is 0. The Morgan fingerprint density at radius 2 is 1.14 bits per heavy atom. The zero-order valence-corrected chi connectivity index (χ0v) is 15.1. The van der Waals surface area contributed by atoms with Gasteiger partial charge in [0.05, 0.1) is 5.56 Å². The molecule has 2 amide bonds. The van der Waals surface area contributed by atoms with Gasteiger partial charge in [-0.15, -0.1) is 0 Å². The number of nitrogens with one attached hydrogen (secondary N) is 2. The van der Waals surface area contributed by atoms with E-state index in [1.807, 2.05) is 0 Å². The van der Waals surface area contributed by atoms with Crippen molar-refractivity contribution in [3.63, 3.8) is 0 Å². The Labute approximate surface area is 161 Å². The van der Waals surface area contributed by atoms with Crippen LogP contribution in [0.3, 0.4) is 0 Å². The smallest absolute Gasteiger partial charge is 0.336 e. The van der Waals surface area contributed by atoms with E-state index in [1.54, 1.807) is 66.7 Å². The summed E-state index contributed by atoms with van der Waals surface area (Å²) in [6.07, 6.45) is 0. The van der Waals surface area contributed by atoms with Crippen molar-refractivity contribution in [2.24, 2.45) is 0 Å². The van der Waals surface area contributed by atoms with Gasteiger partial charge in [0, 0.05) is 23.9 Å². The predicted octanol–water partition coefficient (Wildman–Crippen LogP) is 4.26. The topological polar surface area (TPSA) is 95.5 Å². The summed E-state index contributed by atoms with van der Waals surface area (Å²) in [4.78, 5) is 35.5. The normalized spacial score (nSPS) is 10.2. The van der Waals surface area contributed by atoms with Crippen molar-refractivity contribution >= 4 is 29.2 Å². The molecular formula is C22H18N2O4. The molecule has 6 nitrogen and oxygen atoms in total. The fourth-order valence-electron chi connectivity index (χ4n) is 2.86. The maximum Gasteiger partial charge on any atom is 0.336 e. The van der Waals surface area contributed by atoms with Gasteiger partial charge < -0.3 is 15.7 Å². The number of carboxylic acids is 1. The molecule has 0 aromatic heterocycles. The second-order valence-corrected chi connectivity index (χ2v) is 6.11. The third-order valence-electron chi connectivity index (χ3n) is 4.08. The summed E-state index contributed by atoms with van der Waals surface area (Å²) in [5.74, 6) is -1.59. The maximum absolute atomic E-state index is 12.8. The molecule has 0 unspecified atom stereocenters. The molecule has 0 aliphatic carbocycles. The molecule has 3 rings (SSSR count). The van der Waals surface area contributed by atoms with Gasteiger partial charge in [0.15, 0.2) is 0 Å². The summed E-state index contributed by atoms with van der Waals surface area (Å²) in [5.41, 5.74) is 2.68. The highest BCUT2D eigenvalue weighted by Gasteiger charge is 2.17. The first-order valence-corrected chi connectivity index (χ1v) is 8.56. The minimum Gasteiger partial charge on any atom is -0.478 e. The van der Waals surface area contributed by atoms with Crippen LogP contribution in [-0.2, 0) is 4.79 Å². The van der Waals surface area contributed by atoms with E-state index in [-0.39, 0.29) is 17.4 Å². The molecule has 3 aromatic carbocycles. The van der Waals surface area contributed by atoms with E-state index in [9.17, 15) is 19.5 Å².